The van der Waals surface area contributed by atoms with Gasteiger partial charge in [0.05, 0.1) is 18.8 Å². The molecule has 0 aliphatic carbocycles. The molecule has 2 amide bonds. The van der Waals surface area contributed by atoms with Crippen LogP contribution < -0.4 is 11.5 Å². The number of rotatable bonds is 3. The quantitative estimate of drug-likeness (QED) is 0.802. The summed E-state index contributed by atoms with van der Waals surface area (Å²) in [5.74, 6) is -0.0385. The van der Waals surface area contributed by atoms with Gasteiger partial charge in [0.15, 0.2) is 5.13 Å². The molecule has 0 atom stereocenters. The second-order valence-corrected chi connectivity index (χ2v) is 7.06. The summed E-state index contributed by atoms with van der Waals surface area (Å²) in [6, 6.07) is 0. The van der Waals surface area contributed by atoms with Crippen LogP contribution in [0.15, 0.2) is 0 Å². The number of likely N-dealkylation sites (tertiary alicyclic amines) is 1. The third-order valence-corrected chi connectivity index (χ3v) is 5.29. The Morgan fingerprint density at radius 3 is 2.68 bits per heavy atom. The molecule has 1 saturated heterocycles. The number of hydrogen-bond donors (Lipinski definition) is 2. The lowest BCUT2D eigenvalue weighted by Crippen LogP contribution is -2.45. The molecule has 0 bridgehead atoms. The highest BCUT2D eigenvalue weighted by atomic mass is 32.1. The van der Waals surface area contributed by atoms with Crippen molar-refractivity contribution in [3.8, 4) is 0 Å². The van der Waals surface area contributed by atoms with Crippen LogP contribution in [0.4, 0.5) is 5.13 Å². The molecule has 22 heavy (non-hydrogen) atoms. The summed E-state index contributed by atoms with van der Waals surface area (Å²) < 4.78 is 0. The summed E-state index contributed by atoms with van der Waals surface area (Å²) in [7, 11) is 0. The number of nitrogens with zero attached hydrogens (tertiary/aromatic N) is 3. The zero-order valence-electron chi connectivity index (χ0n) is 12.5. The largest absolute Gasteiger partial charge is 0.375 e. The number of thiazole rings is 1. The van der Waals surface area contributed by atoms with Gasteiger partial charge in [-0.2, -0.15) is 0 Å². The smallest absolute Gasteiger partial charge is 0.231 e. The number of piperidine rings is 1. The van der Waals surface area contributed by atoms with Gasteiger partial charge >= 0.3 is 0 Å². The van der Waals surface area contributed by atoms with E-state index in [1.807, 2.05) is 9.80 Å². The van der Waals surface area contributed by atoms with Crippen molar-refractivity contribution < 1.29 is 9.59 Å². The number of amides is 2. The molecule has 2 aliphatic rings. The van der Waals surface area contributed by atoms with Crippen molar-refractivity contribution in [1.29, 1.82) is 0 Å². The van der Waals surface area contributed by atoms with Gasteiger partial charge in [0.25, 0.3) is 0 Å². The lowest BCUT2D eigenvalue weighted by atomic mass is 9.94. The van der Waals surface area contributed by atoms with Crippen LogP contribution in [0.3, 0.4) is 0 Å². The summed E-state index contributed by atoms with van der Waals surface area (Å²) in [4.78, 5) is 33.0. The minimum Gasteiger partial charge on any atom is -0.375 e. The van der Waals surface area contributed by atoms with Gasteiger partial charge in [0.1, 0.15) is 0 Å². The monoisotopic (exact) mass is 323 g/mol. The Balaban J connectivity index is 1.56. The average molecular weight is 323 g/mol. The van der Waals surface area contributed by atoms with Crippen LogP contribution in [0.25, 0.3) is 0 Å². The number of nitrogen functional groups attached to an aromatic ring is 1. The number of aromatic nitrogens is 1. The number of carbonyl (C=O) groups excluding carboxylic acids is 2. The summed E-state index contributed by atoms with van der Waals surface area (Å²) in [6.45, 7) is 3.15. The summed E-state index contributed by atoms with van der Waals surface area (Å²) in [5.41, 5.74) is 12.0. The summed E-state index contributed by atoms with van der Waals surface area (Å²) in [6.07, 6.45) is 2.37. The van der Waals surface area contributed by atoms with Crippen molar-refractivity contribution in [2.24, 2.45) is 11.7 Å². The van der Waals surface area contributed by atoms with E-state index in [4.69, 9.17) is 11.5 Å². The Morgan fingerprint density at radius 2 is 2.00 bits per heavy atom. The lowest BCUT2D eigenvalue weighted by molar-refractivity contribution is -0.138. The fourth-order valence-corrected chi connectivity index (χ4v) is 4.11. The zero-order valence-corrected chi connectivity index (χ0v) is 13.3. The van der Waals surface area contributed by atoms with Gasteiger partial charge in [-0.3, -0.25) is 14.5 Å². The highest BCUT2D eigenvalue weighted by Crippen LogP contribution is 2.28. The Morgan fingerprint density at radius 1 is 1.27 bits per heavy atom. The number of nitrogens with two attached hydrogens (primary N) is 2. The number of anilines is 1. The van der Waals surface area contributed by atoms with Crippen molar-refractivity contribution in [3.05, 3.63) is 10.6 Å². The predicted octanol–water partition coefficient (Wildman–Crippen LogP) is -0.193. The molecule has 8 heteroatoms. The van der Waals surface area contributed by atoms with Crippen LogP contribution in [0.1, 0.15) is 23.4 Å². The van der Waals surface area contributed by atoms with Crippen molar-refractivity contribution in [2.45, 2.75) is 25.8 Å². The van der Waals surface area contributed by atoms with Gasteiger partial charge in [-0.1, -0.05) is 0 Å². The Hall–Kier alpha value is -1.67. The van der Waals surface area contributed by atoms with Gasteiger partial charge < -0.3 is 16.4 Å². The van der Waals surface area contributed by atoms with E-state index in [9.17, 15) is 9.59 Å². The molecule has 0 aromatic carbocycles. The molecule has 3 heterocycles. The van der Waals surface area contributed by atoms with Crippen molar-refractivity contribution in [3.63, 3.8) is 0 Å². The van der Waals surface area contributed by atoms with Crippen molar-refractivity contribution >= 4 is 28.3 Å². The standard InChI is InChI=1S/C14H21N5O2S/c15-12(20)8-18-4-1-9(2-5-18)13(21)19-6-3-10-11(7-19)22-14(16)17-10/h9H,1-8H2,(H2,15,20)(H2,16,17). The van der Waals surface area contributed by atoms with Crippen molar-refractivity contribution in [2.75, 3.05) is 31.9 Å². The molecular formula is C14H21N5O2S. The molecule has 1 aromatic heterocycles. The molecule has 3 rings (SSSR count). The molecular weight excluding hydrogens is 302 g/mol. The average Bonchev–Trinajstić information content (AvgIpc) is 2.85. The number of hydrogen-bond acceptors (Lipinski definition) is 6. The summed E-state index contributed by atoms with van der Waals surface area (Å²) >= 11 is 1.48. The minimum absolute atomic E-state index is 0.0518. The molecule has 7 nitrogen and oxygen atoms in total. The van der Waals surface area contributed by atoms with E-state index < -0.39 is 0 Å². The highest BCUT2D eigenvalue weighted by molar-refractivity contribution is 7.15. The van der Waals surface area contributed by atoms with E-state index in [1.54, 1.807) is 0 Å². The van der Waals surface area contributed by atoms with Gasteiger partial charge in [0, 0.05) is 23.8 Å². The fourth-order valence-electron chi connectivity index (χ4n) is 3.22. The van der Waals surface area contributed by atoms with E-state index in [1.165, 1.54) is 11.3 Å². The Kier molecular flexibility index (Phi) is 4.30. The highest BCUT2D eigenvalue weighted by Gasteiger charge is 2.31. The Labute approximate surface area is 133 Å². The summed E-state index contributed by atoms with van der Waals surface area (Å²) in [5, 5.41) is 0.582. The number of primary amides is 1. The first kappa shape index (κ1) is 15.2. The second kappa shape index (κ2) is 6.21. The Bertz CT molecular complexity index is 580. The van der Waals surface area contributed by atoms with Gasteiger partial charge in [-0.05, 0) is 25.9 Å². The van der Waals surface area contributed by atoms with Crippen LogP contribution in [-0.2, 0) is 22.6 Å². The third kappa shape index (κ3) is 3.22. The molecule has 1 aromatic rings. The normalized spacial score (nSPS) is 19.9. The van der Waals surface area contributed by atoms with Crippen molar-refractivity contribution in [1.82, 2.24) is 14.8 Å². The molecule has 120 valence electrons. The fraction of sp³-hybridized carbons (Fsp3) is 0.643. The van der Waals surface area contributed by atoms with E-state index in [0.29, 0.717) is 11.7 Å². The van der Waals surface area contributed by atoms with Crippen LogP contribution in [-0.4, -0.2) is 52.8 Å². The maximum atomic E-state index is 12.7. The SMILES string of the molecule is NC(=O)CN1CCC(C(=O)N2CCc3nc(N)sc3C2)CC1. The number of fused-ring (bicyclic) bond motifs is 1. The molecule has 2 aliphatic heterocycles. The van der Waals surface area contributed by atoms with E-state index >= 15 is 0 Å². The van der Waals surface area contributed by atoms with Crippen LogP contribution in [0, 0.1) is 5.92 Å². The third-order valence-electron chi connectivity index (χ3n) is 4.38. The molecule has 0 radical (unpaired) electrons. The molecule has 4 N–H and O–H groups in total. The van der Waals surface area contributed by atoms with Crippen LogP contribution in [0.5, 0.6) is 0 Å². The first-order valence-electron chi connectivity index (χ1n) is 7.56. The molecule has 0 spiro atoms. The maximum Gasteiger partial charge on any atom is 0.231 e. The van der Waals surface area contributed by atoms with Gasteiger partial charge in [-0.25, -0.2) is 4.98 Å². The van der Waals surface area contributed by atoms with Crippen LogP contribution in [0.2, 0.25) is 0 Å². The minimum atomic E-state index is -0.309. The molecule has 1 fully saturated rings. The van der Waals surface area contributed by atoms with Gasteiger partial charge in [0.2, 0.25) is 11.8 Å². The van der Waals surface area contributed by atoms with Gasteiger partial charge in [-0.15, -0.1) is 11.3 Å². The van der Waals surface area contributed by atoms with E-state index in [-0.39, 0.29) is 24.3 Å². The lowest BCUT2D eigenvalue weighted by Gasteiger charge is -2.34. The molecule has 0 unspecified atom stereocenters. The van der Waals surface area contributed by atoms with Crippen LogP contribution >= 0.6 is 11.3 Å². The first-order valence-corrected chi connectivity index (χ1v) is 8.38. The topological polar surface area (TPSA) is 106 Å². The predicted molar refractivity (Wildman–Crippen MR) is 84.0 cm³/mol. The number of carbonyl (C=O) groups is 2. The van der Waals surface area contributed by atoms with E-state index in [0.717, 1.165) is 49.5 Å². The zero-order chi connectivity index (χ0) is 15.7. The maximum absolute atomic E-state index is 12.7. The first-order chi connectivity index (χ1) is 10.5. The van der Waals surface area contributed by atoms with E-state index in [2.05, 4.69) is 4.98 Å². The molecule has 0 saturated carbocycles. The second-order valence-electron chi connectivity index (χ2n) is 5.95.